The molecule has 0 spiro atoms. The van der Waals surface area contributed by atoms with Gasteiger partial charge < -0.3 is 20.1 Å². The van der Waals surface area contributed by atoms with Crippen molar-refractivity contribution in [2.75, 3.05) is 31.0 Å². The van der Waals surface area contributed by atoms with Crippen LogP contribution in [0.15, 0.2) is 53.1 Å². The Morgan fingerprint density at radius 2 is 1.91 bits per heavy atom. The molecule has 11 heteroatoms. The van der Waals surface area contributed by atoms with Crippen LogP contribution in [0.3, 0.4) is 0 Å². The van der Waals surface area contributed by atoms with Crippen LogP contribution < -0.4 is 20.1 Å². The number of nitrogens with one attached hydrogen (secondary N) is 3. The Labute approximate surface area is 194 Å². The summed E-state index contributed by atoms with van der Waals surface area (Å²) in [5, 5.41) is 10.5. The fourth-order valence-corrected chi connectivity index (χ4v) is 3.55. The summed E-state index contributed by atoms with van der Waals surface area (Å²) in [6, 6.07) is 9.04. The average molecular weight is 463 g/mol. The minimum atomic E-state index is 0.486. The number of benzene rings is 2. The topological polar surface area (TPSA) is 130 Å². The zero-order valence-corrected chi connectivity index (χ0v) is 19.3. The highest BCUT2D eigenvalue weighted by Gasteiger charge is 2.14. The van der Waals surface area contributed by atoms with E-state index in [1.807, 2.05) is 31.4 Å². The van der Waals surface area contributed by atoms with Gasteiger partial charge in [0.05, 0.1) is 24.7 Å². The molecule has 0 aliphatic heterocycles. The Morgan fingerprint density at radius 1 is 1.06 bits per heavy atom. The van der Waals surface area contributed by atoms with Crippen molar-refractivity contribution in [3.63, 3.8) is 0 Å². The predicted octanol–water partition coefficient (Wildman–Crippen LogP) is 5.70. The second-order valence-electron chi connectivity index (χ2n) is 6.90. The van der Waals surface area contributed by atoms with Crippen molar-refractivity contribution in [3.8, 4) is 17.2 Å². The lowest BCUT2D eigenvalue weighted by Gasteiger charge is -2.16. The van der Waals surface area contributed by atoms with E-state index in [9.17, 15) is 0 Å². The second-order valence-corrected chi connectivity index (χ2v) is 7.67. The van der Waals surface area contributed by atoms with Crippen molar-refractivity contribution in [3.05, 3.63) is 48.4 Å². The molecule has 0 saturated heterocycles. The number of nitrogens with zero attached hydrogens (tertiary/aromatic N) is 5. The molecule has 33 heavy (non-hydrogen) atoms. The van der Waals surface area contributed by atoms with Crippen molar-refractivity contribution >= 4 is 45.7 Å². The SMILES string of the molecule is CNc1ccc(Oc2cc(OC)c(Nc3ncnc4cnc(SC)nc34)cc2C)cc1N=N. The van der Waals surface area contributed by atoms with Gasteiger partial charge in [0.1, 0.15) is 40.3 Å². The fourth-order valence-electron chi connectivity index (χ4n) is 3.21. The van der Waals surface area contributed by atoms with Gasteiger partial charge in [-0.2, -0.15) is 5.11 Å². The van der Waals surface area contributed by atoms with Crippen LogP contribution in [-0.2, 0) is 0 Å². The van der Waals surface area contributed by atoms with E-state index in [4.69, 9.17) is 15.0 Å². The van der Waals surface area contributed by atoms with Gasteiger partial charge in [0.2, 0.25) is 0 Å². The molecule has 0 amide bonds. The maximum atomic E-state index is 7.37. The lowest BCUT2D eigenvalue weighted by molar-refractivity contribution is 0.410. The standard InChI is InChI=1S/C22H22N8O2S/c1-12-7-16(28-21-20-17(26-11-27-21)10-25-22(29-20)33-4)19(31-3)9-18(12)32-13-5-6-14(24-2)15(8-13)30-23/h5-11,23-24H,1-4H3,(H,26,27,28). The van der Waals surface area contributed by atoms with Crippen LogP contribution in [0.2, 0.25) is 0 Å². The highest BCUT2D eigenvalue weighted by molar-refractivity contribution is 7.98. The number of thioether (sulfide) groups is 1. The molecule has 2 heterocycles. The molecule has 0 aliphatic rings. The van der Waals surface area contributed by atoms with Gasteiger partial charge in [-0.15, -0.1) is 0 Å². The first kappa shape index (κ1) is 22.2. The highest BCUT2D eigenvalue weighted by Crippen LogP contribution is 2.38. The number of hydrogen-bond donors (Lipinski definition) is 3. The van der Waals surface area contributed by atoms with E-state index in [-0.39, 0.29) is 0 Å². The molecule has 4 rings (SSSR count). The van der Waals surface area contributed by atoms with Gasteiger partial charge in [-0.1, -0.05) is 11.8 Å². The van der Waals surface area contributed by atoms with Gasteiger partial charge in [-0.3, -0.25) is 0 Å². The number of methoxy groups -OCH3 is 1. The van der Waals surface area contributed by atoms with Gasteiger partial charge in [-0.05, 0) is 36.9 Å². The monoisotopic (exact) mass is 462 g/mol. The summed E-state index contributed by atoms with van der Waals surface area (Å²) in [5.74, 6) is 2.30. The number of fused-ring (bicyclic) bond motifs is 1. The molecule has 2 aromatic carbocycles. The molecular weight excluding hydrogens is 440 g/mol. The summed E-state index contributed by atoms with van der Waals surface area (Å²) < 4.78 is 11.7. The first-order chi connectivity index (χ1) is 16.1. The zero-order chi connectivity index (χ0) is 23.4. The van der Waals surface area contributed by atoms with Crippen LogP contribution >= 0.6 is 11.8 Å². The molecule has 2 aromatic heterocycles. The number of aromatic nitrogens is 4. The fraction of sp³-hybridized carbons (Fsp3) is 0.182. The van der Waals surface area contributed by atoms with Gasteiger partial charge in [0, 0.05) is 19.2 Å². The molecule has 0 bridgehead atoms. The Kier molecular flexibility index (Phi) is 6.50. The molecular formula is C22H22N8O2S. The lowest BCUT2D eigenvalue weighted by Crippen LogP contribution is -2.02. The van der Waals surface area contributed by atoms with E-state index in [1.165, 1.54) is 18.1 Å². The molecule has 168 valence electrons. The van der Waals surface area contributed by atoms with E-state index in [0.717, 1.165) is 11.3 Å². The van der Waals surface area contributed by atoms with E-state index in [0.29, 0.717) is 50.6 Å². The predicted molar refractivity (Wildman–Crippen MR) is 129 cm³/mol. The Morgan fingerprint density at radius 3 is 2.64 bits per heavy atom. The molecule has 0 aliphatic carbocycles. The summed E-state index contributed by atoms with van der Waals surface area (Å²) >= 11 is 1.45. The Balaban J connectivity index is 1.68. The van der Waals surface area contributed by atoms with Crippen LogP contribution in [0.5, 0.6) is 17.2 Å². The third-order valence-corrected chi connectivity index (χ3v) is 5.44. The Bertz CT molecular complexity index is 1330. The largest absolute Gasteiger partial charge is 0.494 e. The lowest BCUT2D eigenvalue weighted by atomic mass is 10.1. The molecule has 0 atom stereocenters. The van der Waals surface area contributed by atoms with Crippen LogP contribution in [-0.4, -0.2) is 40.3 Å². The van der Waals surface area contributed by atoms with Crippen molar-refractivity contribution in [1.82, 2.24) is 19.9 Å². The minimum absolute atomic E-state index is 0.486. The summed E-state index contributed by atoms with van der Waals surface area (Å²) in [4.78, 5) is 17.4. The van der Waals surface area contributed by atoms with Crippen molar-refractivity contribution in [2.24, 2.45) is 5.11 Å². The minimum Gasteiger partial charge on any atom is -0.494 e. The molecule has 0 fully saturated rings. The zero-order valence-electron chi connectivity index (χ0n) is 18.5. The second kappa shape index (κ2) is 9.65. The highest BCUT2D eigenvalue weighted by atomic mass is 32.2. The van der Waals surface area contributed by atoms with Gasteiger partial charge in [-0.25, -0.2) is 25.5 Å². The van der Waals surface area contributed by atoms with Crippen molar-refractivity contribution in [2.45, 2.75) is 12.1 Å². The quantitative estimate of drug-likeness (QED) is 0.171. The summed E-state index contributed by atoms with van der Waals surface area (Å²) in [6.07, 6.45) is 5.06. The smallest absolute Gasteiger partial charge is 0.188 e. The molecule has 10 nitrogen and oxygen atoms in total. The average Bonchev–Trinajstić information content (AvgIpc) is 2.85. The van der Waals surface area contributed by atoms with Crippen LogP contribution in [0.4, 0.5) is 22.9 Å². The van der Waals surface area contributed by atoms with Crippen LogP contribution in [0, 0.1) is 12.5 Å². The number of aryl methyl sites for hydroxylation is 1. The summed E-state index contributed by atoms with van der Waals surface area (Å²) in [5.41, 5.74) is 11.4. The molecule has 3 N–H and O–H groups in total. The number of rotatable bonds is 8. The van der Waals surface area contributed by atoms with E-state index < -0.39 is 0 Å². The first-order valence-electron chi connectivity index (χ1n) is 9.90. The summed E-state index contributed by atoms with van der Waals surface area (Å²) in [6.45, 7) is 1.93. The number of anilines is 3. The van der Waals surface area contributed by atoms with Crippen LogP contribution in [0.1, 0.15) is 5.56 Å². The van der Waals surface area contributed by atoms with Gasteiger partial charge >= 0.3 is 0 Å². The third-order valence-electron chi connectivity index (χ3n) is 4.87. The van der Waals surface area contributed by atoms with Crippen molar-refractivity contribution < 1.29 is 9.47 Å². The number of hydrogen-bond acceptors (Lipinski definition) is 11. The molecule has 0 saturated carbocycles. The molecule has 4 aromatic rings. The van der Waals surface area contributed by atoms with E-state index >= 15 is 0 Å². The first-order valence-corrected chi connectivity index (χ1v) is 11.1. The van der Waals surface area contributed by atoms with E-state index in [2.05, 4.69) is 35.7 Å². The van der Waals surface area contributed by atoms with Gasteiger partial charge in [0.15, 0.2) is 11.0 Å². The maximum absolute atomic E-state index is 7.37. The number of ether oxygens (including phenoxy) is 2. The third kappa shape index (κ3) is 4.62. The van der Waals surface area contributed by atoms with Gasteiger partial charge in [0.25, 0.3) is 0 Å². The Hall–Kier alpha value is -3.99. The molecule has 0 unspecified atom stereocenters. The van der Waals surface area contributed by atoms with Crippen molar-refractivity contribution in [1.29, 1.82) is 5.53 Å². The summed E-state index contributed by atoms with van der Waals surface area (Å²) in [7, 11) is 3.37. The van der Waals surface area contributed by atoms with Crippen LogP contribution in [0.25, 0.3) is 11.0 Å². The molecule has 0 radical (unpaired) electrons. The normalized spacial score (nSPS) is 10.7. The van der Waals surface area contributed by atoms with E-state index in [1.54, 1.807) is 32.5 Å². The maximum Gasteiger partial charge on any atom is 0.188 e.